The van der Waals surface area contributed by atoms with Gasteiger partial charge >= 0.3 is 0 Å². The maximum Gasteiger partial charge on any atom is 0.191 e. The molecule has 0 bridgehead atoms. The first kappa shape index (κ1) is 19.8. The zero-order chi connectivity index (χ0) is 15.6. The summed E-state index contributed by atoms with van der Waals surface area (Å²) in [6, 6.07) is 8.68. The van der Waals surface area contributed by atoms with Crippen LogP contribution in [0.3, 0.4) is 0 Å². The Morgan fingerprint density at radius 1 is 1.17 bits per heavy atom. The first-order valence-corrected chi connectivity index (χ1v) is 8.34. The molecule has 2 N–H and O–H groups in total. The van der Waals surface area contributed by atoms with Crippen molar-refractivity contribution in [3.63, 3.8) is 0 Å². The van der Waals surface area contributed by atoms with Gasteiger partial charge in [-0.1, -0.05) is 37.6 Å². The highest BCUT2D eigenvalue weighted by Crippen LogP contribution is 2.18. The van der Waals surface area contributed by atoms with Gasteiger partial charge in [-0.3, -0.25) is 0 Å². The van der Waals surface area contributed by atoms with E-state index in [4.69, 9.17) is 0 Å². The minimum Gasteiger partial charge on any atom is -0.364 e. The lowest BCUT2D eigenvalue weighted by atomic mass is 10.2. The number of benzene rings is 1. The summed E-state index contributed by atoms with van der Waals surface area (Å²) >= 11 is 0. The molecule has 1 heterocycles. The third-order valence-corrected chi connectivity index (χ3v) is 3.68. The number of nitrogens with zero attached hydrogens (tertiary/aromatic N) is 2. The predicted molar refractivity (Wildman–Crippen MR) is 111 cm³/mol. The fraction of sp³-hybridized carbons (Fsp3) is 0.500. The highest BCUT2D eigenvalue weighted by Gasteiger charge is 2.07. The summed E-state index contributed by atoms with van der Waals surface area (Å²) in [5, 5.41) is 6.68. The fourth-order valence-electron chi connectivity index (χ4n) is 2.44. The van der Waals surface area contributed by atoms with Crippen LogP contribution in [0.1, 0.15) is 32.3 Å². The maximum atomic E-state index is 4.68. The zero-order valence-electron chi connectivity index (χ0n) is 14.2. The molecule has 0 spiro atoms. The van der Waals surface area contributed by atoms with Crippen LogP contribution in [0, 0.1) is 0 Å². The summed E-state index contributed by atoms with van der Waals surface area (Å²) in [5.41, 5.74) is 2.53. The first-order valence-electron chi connectivity index (χ1n) is 8.34. The molecular formula is C18H29IN4. The van der Waals surface area contributed by atoms with Gasteiger partial charge in [0.25, 0.3) is 0 Å². The van der Waals surface area contributed by atoms with Crippen molar-refractivity contribution in [3.05, 3.63) is 42.0 Å². The molecule has 0 saturated carbocycles. The Morgan fingerprint density at radius 3 is 2.65 bits per heavy atom. The molecule has 0 atom stereocenters. The molecule has 0 aromatic heterocycles. The molecule has 23 heavy (non-hydrogen) atoms. The Hall–Kier alpha value is -1.24. The lowest BCUT2D eigenvalue weighted by Gasteiger charge is -2.18. The number of unbranched alkanes of at least 4 members (excludes halogenated alkanes) is 1. The van der Waals surface area contributed by atoms with E-state index in [0.717, 1.165) is 32.1 Å². The second kappa shape index (κ2) is 11.3. The standard InChI is InChI=1S/C18H28N4.HI/c1-3-5-11-20-18(19-4-2)21-15-16-9-8-10-17(14-16)22-12-6-7-13-22;/h6-10,14H,3-5,11-13,15H2,1-2H3,(H2,19,20,21);1H. The third kappa shape index (κ3) is 6.81. The molecule has 0 fully saturated rings. The van der Waals surface area contributed by atoms with Crippen molar-refractivity contribution in [1.82, 2.24) is 10.6 Å². The van der Waals surface area contributed by atoms with Crippen LogP contribution < -0.4 is 15.5 Å². The van der Waals surface area contributed by atoms with Gasteiger partial charge in [0, 0.05) is 31.9 Å². The van der Waals surface area contributed by atoms with Crippen LogP contribution in [0.15, 0.2) is 41.4 Å². The van der Waals surface area contributed by atoms with Crippen LogP contribution in [0.4, 0.5) is 5.69 Å². The van der Waals surface area contributed by atoms with E-state index in [1.807, 2.05) is 0 Å². The van der Waals surface area contributed by atoms with Crippen LogP contribution in [0.5, 0.6) is 0 Å². The summed E-state index contributed by atoms with van der Waals surface area (Å²) in [4.78, 5) is 7.04. The smallest absolute Gasteiger partial charge is 0.191 e. The third-order valence-electron chi connectivity index (χ3n) is 3.68. The van der Waals surface area contributed by atoms with E-state index >= 15 is 0 Å². The van der Waals surface area contributed by atoms with Gasteiger partial charge < -0.3 is 15.5 Å². The van der Waals surface area contributed by atoms with Crippen LogP contribution in [-0.2, 0) is 6.54 Å². The van der Waals surface area contributed by atoms with Crippen LogP contribution in [0.2, 0.25) is 0 Å². The highest BCUT2D eigenvalue weighted by molar-refractivity contribution is 14.0. The molecule has 0 saturated heterocycles. The number of hydrogen-bond donors (Lipinski definition) is 2. The molecule has 1 aliphatic rings. The van der Waals surface area contributed by atoms with Gasteiger partial charge in [-0.25, -0.2) is 4.99 Å². The minimum absolute atomic E-state index is 0. The molecule has 0 unspecified atom stereocenters. The van der Waals surface area contributed by atoms with E-state index in [1.54, 1.807) is 0 Å². The highest BCUT2D eigenvalue weighted by atomic mass is 127. The average Bonchev–Trinajstić information content (AvgIpc) is 3.07. The number of halogens is 1. The van der Waals surface area contributed by atoms with Crippen molar-refractivity contribution in [2.75, 3.05) is 31.1 Å². The number of rotatable bonds is 7. The summed E-state index contributed by atoms with van der Waals surface area (Å²) < 4.78 is 0. The van der Waals surface area contributed by atoms with Gasteiger partial charge in [0.15, 0.2) is 5.96 Å². The van der Waals surface area contributed by atoms with Crippen molar-refractivity contribution < 1.29 is 0 Å². The summed E-state index contributed by atoms with van der Waals surface area (Å²) in [7, 11) is 0. The largest absolute Gasteiger partial charge is 0.364 e. The SMILES string of the molecule is CCCCNC(=NCc1cccc(N2CC=CC2)c1)NCC.I. The van der Waals surface area contributed by atoms with Crippen LogP contribution in [0.25, 0.3) is 0 Å². The summed E-state index contributed by atoms with van der Waals surface area (Å²) in [6.45, 7) is 8.88. The first-order chi connectivity index (χ1) is 10.8. The number of guanidine groups is 1. The van der Waals surface area contributed by atoms with Crippen molar-refractivity contribution in [2.45, 2.75) is 33.2 Å². The molecule has 0 radical (unpaired) electrons. The number of hydrogen-bond acceptors (Lipinski definition) is 2. The Kier molecular flexibility index (Phi) is 9.75. The molecule has 128 valence electrons. The van der Waals surface area contributed by atoms with Gasteiger partial charge in [-0.05, 0) is 31.0 Å². The van der Waals surface area contributed by atoms with Crippen molar-refractivity contribution in [3.8, 4) is 0 Å². The maximum absolute atomic E-state index is 4.68. The average molecular weight is 428 g/mol. The van der Waals surface area contributed by atoms with Gasteiger partial charge in [-0.2, -0.15) is 0 Å². The molecule has 2 rings (SSSR count). The second-order valence-electron chi connectivity index (χ2n) is 5.52. The lowest BCUT2D eigenvalue weighted by Crippen LogP contribution is -2.37. The van der Waals surface area contributed by atoms with Crippen molar-refractivity contribution in [2.24, 2.45) is 4.99 Å². The van der Waals surface area contributed by atoms with E-state index in [2.05, 4.69) is 70.8 Å². The Bertz CT molecular complexity index is 505. The topological polar surface area (TPSA) is 39.7 Å². The molecule has 0 aliphatic carbocycles. The predicted octanol–water partition coefficient (Wildman–Crippen LogP) is 3.54. The minimum atomic E-state index is 0. The number of nitrogens with one attached hydrogen (secondary N) is 2. The fourth-order valence-corrected chi connectivity index (χ4v) is 2.44. The Morgan fingerprint density at radius 2 is 1.96 bits per heavy atom. The van der Waals surface area contributed by atoms with Crippen molar-refractivity contribution >= 4 is 35.6 Å². The molecule has 4 nitrogen and oxygen atoms in total. The molecule has 5 heteroatoms. The van der Waals surface area contributed by atoms with E-state index in [1.165, 1.54) is 24.1 Å². The summed E-state index contributed by atoms with van der Waals surface area (Å²) in [5.74, 6) is 0.907. The van der Waals surface area contributed by atoms with E-state index in [-0.39, 0.29) is 24.0 Å². The van der Waals surface area contributed by atoms with E-state index < -0.39 is 0 Å². The lowest BCUT2D eigenvalue weighted by molar-refractivity contribution is 0.730. The van der Waals surface area contributed by atoms with Gasteiger partial charge in [0.2, 0.25) is 0 Å². The van der Waals surface area contributed by atoms with Gasteiger partial charge in [0.05, 0.1) is 6.54 Å². The molecule has 0 amide bonds. The summed E-state index contributed by atoms with van der Waals surface area (Å²) in [6.07, 6.45) is 6.79. The van der Waals surface area contributed by atoms with Crippen molar-refractivity contribution in [1.29, 1.82) is 0 Å². The zero-order valence-corrected chi connectivity index (χ0v) is 16.5. The monoisotopic (exact) mass is 428 g/mol. The number of aliphatic imine (C=N–C) groups is 1. The second-order valence-corrected chi connectivity index (χ2v) is 5.52. The van der Waals surface area contributed by atoms with E-state index in [9.17, 15) is 0 Å². The van der Waals surface area contributed by atoms with Gasteiger partial charge in [-0.15, -0.1) is 24.0 Å². The molecule has 1 aromatic rings. The molecule has 1 aromatic carbocycles. The van der Waals surface area contributed by atoms with Crippen LogP contribution in [-0.4, -0.2) is 32.1 Å². The number of anilines is 1. The molecule has 1 aliphatic heterocycles. The Labute approximate surface area is 157 Å². The Balaban J connectivity index is 0.00000264. The normalized spacial score (nSPS) is 13.8. The van der Waals surface area contributed by atoms with Crippen LogP contribution >= 0.6 is 24.0 Å². The van der Waals surface area contributed by atoms with Gasteiger partial charge in [0.1, 0.15) is 0 Å². The molecular weight excluding hydrogens is 399 g/mol. The quantitative estimate of drug-likeness (QED) is 0.230. The van der Waals surface area contributed by atoms with E-state index in [0.29, 0.717) is 6.54 Å².